The summed E-state index contributed by atoms with van der Waals surface area (Å²) in [5.74, 6) is -1.44. The van der Waals surface area contributed by atoms with Crippen LogP contribution in [0, 0.1) is 5.41 Å². The van der Waals surface area contributed by atoms with E-state index in [-0.39, 0.29) is 11.3 Å². The van der Waals surface area contributed by atoms with Crippen molar-refractivity contribution in [2.75, 3.05) is 32.1 Å². The van der Waals surface area contributed by atoms with Gasteiger partial charge in [-0.1, -0.05) is 67.9 Å². The van der Waals surface area contributed by atoms with Crippen molar-refractivity contribution in [1.82, 2.24) is 4.90 Å². The Labute approximate surface area is 211 Å². The van der Waals surface area contributed by atoms with E-state index in [4.69, 9.17) is 16.3 Å². The molecule has 1 N–H and O–H groups in total. The second-order valence-corrected chi connectivity index (χ2v) is 10.6. The van der Waals surface area contributed by atoms with Gasteiger partial charge in [0.2, 0.25) is 0 Å². The third-order valence-electron chi connectivity index (χ3n) is 6.20. The molecule has 7 heteroatoms. The second-order valence-electron chi connectivity index (χ2n) is 10.2. The fourth-order valence-corrected chi connectivity index (χ4v) is 5.26. The predicted molar refractivity (Wildman–Crippen MR) is 139 cm³/mol. The molecule has 184 valence electrons. The molecule has 6 nitrogen and oxygen atoms in total. The topological polar surface area (TPSA) is 70.1 Å². The second kappa shape index (κ2) is 9.97. The summed E-state index contributed by atoms with van der Waals surface area (Å²) in [7, 11) is 3.99. The van der Waals surface area contributed by atoms with E-state index in [0.29, 0.717) is 17.3 Å². The number of carboxylic acid groups (broad SMARTS) is 1. The van der Waals surface area contributed by atoms with Crippen molar-refractivity contribution in [2.24, 2.45) is 5.41 Å². The van der Waals surface area contributed by atoms with Gasteiger partial charge in [-0.25, -0.2) is 0 Å². The highest BCUT2D eigenvalue weighted by molar-refractivity contribution is 6.30. The molecule has 3 aromatic rings. The van der Waals surface area contributed by atoms with Crippen LogP contribution >= 0.6 is 11.6 Å². The molecule has 0 bridgehead atoms. The quantitative estimate of drug-likeness (QED) is 0.477. The Bertz CT molecular complexity index is 1250. The van der Waals surface area contributed by atoms with Gasteiger partial charge in [-0.2, -0.15) is 0 Å². The normalized spacial score (nSPS) is 18.6. The molecule has 0 radical (unpaired) electrons. The molecule has 0 fully saturated rings. The van der Waals surface area contributed by atoms with Crippen LogP contribution in [0.3, 0.4) is 0 Å². The van der Waals surface area contributed by atoms with E-state index in [1.807, 2.05) is 68.7 Å². The first-order valence-electron chi connectivity index (χ1n) is 11.7. The number of carbonyl (C=O) groups excluding carboxylic acids is 1. The lowest BCUT2D eigenvalue weighted by atomic mass is 9.90. The fraction of sp³-hybridized carbons (Fsp3) is 0.357. The summed E-state index contributed by atoms with van der Waals surface area (Å²) in [5, 5.41) is 12.2. The summed E-state index contributed by atoms with van der Waals surface area (Å²) in [6, 6.07) is 19.3. The van der Waals surface area contributed by atoms with Crippen LogP contribution in [0.4, 0.5) is 5.69 Å². The van der Waals surface area contributed by atoms with Crippen LogP contribution in [0.15, 0.2) is 60.7 Å². The van der Waals surface area contributed by atoms with Crippen LogP contribution in [0.5, 0.6) is 0 Å². The zero-order valence-corrected chi connectivity index (χ0v) is 21.2. The number of rotatable bonds is 7. The lowest BCUT2D eigenvalue weighted by Crippen LogP contribution is -2.47. The Hall–Kier alpha value is -2.93. The summed E-state index contributed by atoms with van der Waals surface area (Å²) >= 11 is 6.45. The van der Waals surface area contributed by atoms with Gasteiger partial charge < -0.3 is 19.6 Å². The molecule has 2 atom stereocenters. The van der Waals surface area contributed by atoms with E-state index in [1.54, 1.807) is 11.0 Å². The third kappa shape index (κ3) is 5.50. The molecular formula is C28H31ClN2O4. The minimum Gasteiger partial charge on any atom is -0.481 e. The monoisotopic (exact) mass is 494 g/mol. The van der Waals surface area contributed by atoms with Crippen molar-refractivity contribution in [2.45, 2.75) is 32.5 Å². The minimum atomic E-state index is -1.14. The number of hydrogen-bond acceptors (Lipinski definition) is 4. The molecule has 1 aliphatic heterocycles. The van der Waals surface area contributed by atoms with Crippen molar-refractivity contribution in [1.29, 1.82) is 0 Å². The number of ether oxygens (including phenoxy) is 1. The predicted octanol–water partition coefficient (Wildman–Crippen LogP) is 5.38. The molecule has 0 saturated heterocycles. The van der Waals surface area contributed by atoms with Gasteiger partial charge in [-0.3, -0.25) is 9.59 Å². The van der Waals surface area contributed by atoms with Gasteiger partial charge in [0.25, 0.3) is 5.91 Å². The van der Waals surface area contributed by atoms with Crippen LogP contribution < -0.4 is 4.90 Å². The number of carboxylic acids is 1. The molecule has 1 amide bonds. The first kappa shape index (κ1) is 25.2. The summed E-state index contributed by atoms with van der Waals surface area (Å²) in [6.07, 6.45) is -2.23. The maximum absolute atomic E-state index is 13.8. The molecule has 0 unspecified atom stereocenters. The van der Waals surface area contributed by atoms with E-state index in [9.17, 15) is 14.7 Å². The summed E-state index contributed by atoms with van der Waals surface area (Å²) < 4.78 is 6.39. The Morgan fingerprint density at radius 1 is 1.09 bits per heavy atom. The van der Waals surface area contributed by atoms with E-state index in [0.717, 1.165) is 28.4 Å². The van der Waals surface area contributed by atoms with Gasteiger partial charge in [-0.05, 0) is 54.0 Å². The van der Waals surface area contributed by atoms with Crippen molar-refractivity contribution in [3.05, 3.63) is 76.8 Å². The largest absolute Gasteiger partial charge is 0.481 e. The Morgan fingerprint density at radius 3 is 2.51 bits per heavy atom. The van der Waals surface area contributed by atoms with Gasteiger partial charge in [-0.15, -0.1) is 0 Å². The first-order chi connectivity index (χ1) is 16.6. The van der Waals surface area contributed by atoms with E-state index >= 15 is 0 Å². The van der Waals surface area contributed by atoms with Crippen LogP contribution in [0.1, 0.15) is 37.5 Å². The molecule has 0 spiro atoms. The number of nitrogens with zero attached hydrogens (tertiary/aromatic N) is 2. The lowest BCUT2D eigenvalue weighted by Gasteiger charge is -2.35. The van der Waals surface area contributed by atoms with Gasteiger partial charge in [0.1, 0.15) is 12.2 Å². The van der Waals surface area contributed by atoms with E-state index in [1.165, 1.54) is 0 Å². The molecule has 0 saturated carbocycles. The van der Waals surface area contributed by atoms with Crippen molar-refractivity contribution in [3.63, 3.8) is 0 Å². The average Bonchev–Trinajstić information content (AvgIpc) is 2.87. The number of fused-ring (bicyclic) bond motifs is 2. The molecule has 0 aromatic heterocycles. The maximum atomic E-state index is 13.8. The number of carbonyl (C=O) groups is 2. The van der Waals surface area contributed by atoms with Crippen LogP contribution in [-0.4, -0.2) is 55.2 Å². The Kier molecular flexibility index (Phi) is 7.17. The third-order valence-corrected chi connectivity index (χ3v) is 6.44. The first-order valence-corrected chi connectivity index (χ1v) is 12.0. The van der Waals surface area contributed by atoms with E-state index < -0.39 is 24.6 Å². The molecule has 3 aromatic carbocycles. The molecule has 1 aliphatic rings. The van der Waals surface area contributed by atoms with Crippen LogP contribution in [0.25, 0.3) is 10.8 Å². The highest BCUT2D eigenvalue weighted by Crippen LogP contribution is 2.42. The van der Waals surface area contributed by atoms with Crippen LogP contribution in [0.2, 0.25) is 5.02 Å². The van der Waals surface area contributed by atoms with Crippen molar-refractivity contribution >= 4 is 39.9 Å². The number of anilines is 1. The van der Waals surface area contributed by atoms with Gasteiger partial charge in [0.15, 0.2) is 0 Å². The Balaban J connectivity index is 1.91. The highest BCUT2D eigenvalue weighted by atomic mass is 35.5. The lowest BCUT2D eigenvalue weighted by molar-refractivity contribution is -0.147. The maximum Gasteiger partial charge on any atom is 0.306 e. The Morgan fingerprint density at radius 2 is 1.80 bits per heavy atom. The van der Waals surface area contributed by atoms with Crippen molar-refractivity contribution < 1.29 is 19.4 Å². The molecule has 35 heavy (non-hydrogen) atoms. The number of benzene rings is 3. The molecular weight excluding hydrogens is 464 g/mol. The summed E-state index contributed by atoms with van der Waals surface area (Å²) in [4.78, 5) is 29.4. The average molecular weight is 495 g/mol. The van der Waals surface area contributed by atoms with Crippen molar-refractivity contribution in [3.8, 4) is 0 Å². The SMILES string of the molecule is CN(C)CC(C)(C)CN1C(=O)[C@@H](CC(=O)O)O[C@H](c2cccc3ccccc23)c2cc(Cl)ccc21. The molecule has 1 heterocycles. The van der Waals surface area contributed by atoms with Gasteiger partial charge in [0.05, 0.1) is 6.42 Å². The van der Waals surface area contributed by atoms with Crippen LogP contribution in [-0.2, 0) is 14.3 Å². The standard InChI is InChI=1S/C28H31ClN2O4/c1-28(2,16-30(3)4)17-31-23-13-12-19(29)14-22(23)26(35-24(27(31)34)15-25(32)33)21-11-7-9-18-8-5-6-10-20(18)21/h5-14,24,26H,15-17H2,1-4H3,(H,32,33)/t24-,26-/m1/s1. The molecule has 0 aliphatic carbocycles. The highest BCUT2D eigenvalue weighted by Gasteiger charge is 2.40. The zero-order chi connectivity index (χ0) is 25.3. The minimum absolute atomic E-state index is 0.261. The van der Waals surface area contributed by atoms with Gasteiger partial charge in [0, 0.05) is 29.4 Å². The van der Waals surface area contributed by atoms with E-state index in [2.05, 4.69) is 18.7 Å². The smallest absolute Gasteiger partial charge is 0.306 e. The van der Waals surface area contributed by atoms with Gasteiger partial charge >= 0.3 is 5.97 Å². The number of halogens is 1. The summed E-state index contributed by atoms with van der Waals surface area (Å²) in [5.41, 5.74) is 2.04. The number of hydrogen-bond donors (Lipinski definition) is 1. The zero-order valence-electron chi connectivity index (χ0n) is 20.5. The fourth-order valence-electron chi connectivity index (χ4n) is 5.08. The number of amides is 1. The number of aliphatic carboxylic acids is 1. The summed E-state index contributed by atoms with van der Waals surface area (Å²) in [6.45, 7) is 5.34. The molecule has 4 rings (SSSR count).